The van der Waals surface area contributed by atoms with E-state index in [-0.39, 0.29) is 6.04 Å². The number of aliphatic hydroxyl groups excluding tert-OH is 1. The van der Waals surface area contributed by atoms with Crippen LogP contribution in [0.5, 0.6) is 0 Å². The molecule has 0 aliphatic rings. The molecule has 6 heteroatoms. The Hall–Kier alpha value is -3.22. The number of rotatable bonds is 9. The molecule has 0 spiro atoms. The molecule has 0 aliphatic carbocycles. The third kappa shape index (κ3) is 6.40. The third-order valence-corrected chi connectivity index (χ3v) is 5.03. The maximum Gasteiger partial charge on any atom is 0.404 e. The number of aromatic nitrogens is 1. The van der Waals surface area contributed by atoms with Gasteiger partial charge in [0.15, 0.2) is 0 Å². The molecule has 0 fully saturated rings. The molecule has 3 atom stereocenters. The first-order chi connectivity index (χ1) is 14.5. The quantitative estimate of drug-likeness (QED) is 0.437. The highest BCUT2D eigenvalue weighted by atomic mass is 16.4. The van der Waals surface area contributed by atoms with Gasteiger partial charge in [-0.2, -0.15) is 0 Å². The van der Waals surface area contributed by atoms with Gasteiger partial charge in [-0.25, -0.2) is 4.79 Å². The van der Waals surface area contributed by atoms with Gasteiger partial charge in [-0.1, -0.05) is 60.7 Å². The van der Waals surface area contributed by atoms with Crippen molar-refractivity contribution >= 4 is 6.09 Å². The van der Waals surface area contributed by atoms with E-state index in [2.05, 4.69) is 10.3 Å². The Morgan fingerprint density at radius 3 is 2.23 bits per heavy atom. The van der Waals surface area contributed by atoms with Crippen LogP contribution in [0.3, 0.4) is 0 Å². The first-order valence-corrected chi connectivity index (χ1v) is 9.98. The fourth-order valence-electron chi connectivity index (χ4n) is 3.52. The third-order valence-electron chi connectivity index (χ3n) is 5.03. The number of carboxylic acid groups (broad SMARTS) is 1. The molecule has 0 saturated carbocycles. The number of hydrogen-bond acceptors (Lipinski definition) is 4. The summed E-state index contributed by atoms with van der Waals surface area (Å²) < 4.78 is 0. The Labute approximate surface area is 176 Å². The Kier molecular flexibility index (Phi) is 7.54. The van der Waals surface area contributed by atoms with Crippen molar-refractivity contribution in [3.8, 4) is 11.3 Å². The van der Waals surface area contributed by atoms with Crippen LogP contribution in [0.2, 0.25) is 0 Å². The molecular formula is C24H27N3O3. The predicted molar refractivity (Wildman–Crippen MR) is 117 cm³/mol. The van der Waals surface area contributed by atoms with Crippen molar-refractivity contribution in [2.75, 3.05) is 0 Å². The van der Waals surface area contributed by atoms with Gasteiger partial charge in [0.1, 0.15) is 0 Å². The summed E-state index contributed by atoms with van der Waals surface area (Å²) in [5.41, 5.74) is 10.2. The maximum absolute atomic E-state index is 11.2. The summed E-state index contributed by atoms with van der Waals surface area (Å²) >= 11 is 0. The lowest BCUT2D eigenvalue weighted by atomic mass is 9.94. The lowest BCUT2D eigenvalue weighted by Crippen LogP contribution is -2.46. The van der Waals surface area contributed by atoms with E-state index in [1.165, 1.54) is 0 Å². The van der Waals surface area contributed by atoms with Gasteiger partial charge >= 0.3 is 6.09 Å². The Balaban J connectivity index is 1.59. The van der Waals surface area contributed by atoms with Crippen molar-refractivity contribution < 1.29 is 15.0 Å². The van der Waals surface area contributed by atoms with Crippen molar-refractivity contribution in [2.24, 2.45) is 5.73 Å². The van der Waals surface area contributed by atoms with Crippen LogP contribution in [0, 0.1) is 0 Å². The molecule has 1 amide bonds. The zero-order valence-corrected chi connectivity index (χ0v) is 16.7. The predicted octanol–water partition coefficient (Wildman–Crippen LogP) is 3.25. The molecule has 156 valence electrons. The molecule has 3 aromatic rings. The minimum absolute atomic E-state index is 0.291. The highest BCUT2D eigenvalue weighted by Gasteiger charge is 2.23. The molecule has 0 radical (unpaired) electrons. The number of nitrogens with one attached hydrogen (secondary N) is 1. The van der Waals surface area contributed by atoms with Crippen molar-refractivity contribution in [1.82, 2.24) is 10.3 Å². The second-order valence-corrected chi connectivity index (χ2v) is 7.42. The average Bonchev–Trinajstić information content (AvgIpc) is 2.75. The smallest absolute Gasteiger partial charge is 0.404 e. The summed E-state index contributed by atoms with van der Waals surface area (Å²) in [5.74, 6) is 0. The topological polar surface area (TPSA) is 108 Å². The minimum atomic E-state index is -1.16. The standard InChI is InChI=1S/C24H27N3O3/c25-20(14-18-9-11-19(12-10-18)21-8-4-5-13-26-21)16-23(28)22(27-24(29)30)15-17-6-2-1-3-7-17/h1-13,20,22-23,27-28H,14-16,25H2,(H,29,30)/t20-,22-,23+/m0/s1. The van der Waals surface area contributed by atoms with E-state index in [0.717, 1.165) is 22.4 Å². The van der Waals surface area contributed by atoms with Gasteiger partial charge in [0.05, 0.1) is 17.8 Å². The number of nitrogens with zero attached hydrogens (tertiary/aromatic N) is 1. The van der Waals surface area contributed by atoms with E-state index in [1.807, 2.05) is 72.8 Å². The van der Waals surface area contributed by atoms with Crippen molar-refractivity contribution in [3.05, 3.63) is 90.1 Å². The molecular weight excluding hydrogens is 378 g/mol. The fourth-order valence-corrected chi connectivity index (χ4v) is 3.52. The zero-order valence-electron chi connectivity index (χ0n) is 16.7. The summed E-state index contributed by atoms with van der Waals surface area (Å²) in [5, 5.41) is 22.2. The van der Waals surface area contributed by atoms with E-state index >= 15 is 0 Å². The number of amides is 1. The van der Waals surface area contributed by atoms with Crippen LogP contribution in [0.25, 0.3) is 11.3 Å². The molecule has 5 N–H and O–H groups in total. The Bertz CT molecular complexity index is 917. The second-order valence-electron chi connectivity index (χ2n) is 7.42. The molecule has 30 heavy (non-hydrogen) atoms. The summed E-state index contributed by atoms with van der Waals surface area (Å²) in [6, 6.07) is 22.4. The molecule has 0 unspecified atom stereocenters. The molecule has 3 rings (SSSR count). The van der Waals surface area contributed by atoms with Crippen LogP contribution in [0.1, 0.15) is 17.5 Å². The van der Waals surface area contributed by atoms with E-state index < -0.39 is 18.2 Å². The minimum Gasteiger partial charge on any atom is -0.465 e. The molecule has 6 nitrogen and oxygen atoms in total. The van der Waals surface area contributed by atoms with E-state index in [1.54, 1.807) is 6.20 Å². The Morgan fingerprint density at radius 2 is 1.60 bits per heavy atom. The first-order valence-electron chi connectivity index (χ1n) is 9.98. The molecule has 0 saturated heterocycles. The van der Waals surface area contributed by atoms with Crippen molar-refractivity contribution in [1.29, 1.82) is 0 Å². The van der Waals surface area contributed by atoms with Crippen LogP contribution in [-0.4, -0.2) is 39.5 Å². The second kappa shape index (κ2) is 10.5. The molecule has 2 aromatic carbocycles. The van der Waals surface area contributed by atoms with Gasteiger partial charge in [-0.3, -0.25) is 4.98 Å². The van der Waals surface area contributed by atoms with Gasteiger partial charge in [-0.15, -0.1) is 0 Å². The monoisotopic (exact) mass is 405 g/mol. The lowest BCUT2D eigenvalue weighted by molar-refractivity contribution is 0.105. The summed E-state index contributed by atoms with van der Waals surface area (Å²) in [6.07, 6.45) is 1.000. The molecule has 0 bridgehead atoms. The van der Waals surface area contributed by atoms with E-state index in [9.17, 15) is 9.90 Å². The number of carbonyl (C=O) groups is 1. The van der Waals surface area contributed by atoms with Crippen LogP contribution in [0.15, 0.2) is 79.0 Å². The molecule has 1 aromatic heterocycles. The molecule has 0 aliphatic heterocycles. The normalized spacial score (nSPS) is 13.9. The van der Waals surface area contributed by atoms with E-state index in [0.29, 0.717) is 19.3 Å². The van der Waals surface area contributed by atoms with Crippen LogP contribution >= 0.6 is 0 Å². The van der Waals surface area contributed by atoms with Crippen molar-refractivity contribution in [2.45, 2.75) is 37.5 Å². The number of benzene rings is 2. The lowest BCUT2D eigenvalue weighted by Gasteiger charge is -2.25. The fraction of sp³-hybridized carbons (Fsp3) is 0.250. The highest BCUT2D eigenvalue weighted by Crippen LogP contribution is 2.18. The van der Waals surface area contributed by atoms with Crippen molar-refractivity contribution in [3.63, 3.8) is 0 Å². The van der Waals surface area contributed by atoms with E-state index in [4.69, 9.17) is 10.8 Å². The van der Waals surface area contributed by atoms with Gasteiger partial charge in [0, 0.05) is 17.8 Å². The van der Waals surface area contributed by atoms with Crippen LogP contribution in [0.4, 0.5) is 4.79 Å². The Morgan fingerprint density at radius 1 is 0.933 bits per heavy atom. The van der Waals surface area contributed by atoms with Gasteiger partial charge in [0.25, 0.3) is 0 Å². The van der Waals surface area contributed by atoms with Crippen LogP contribution < -0.4 is 11.1 Å². The number of aliphatic hydroxyl groups is 1. The van der Waals surface area contributed by atoms with Gasteiger partial charge < -0.3 is 21.3 Å². The maximum atomic E-state index is 11.2. The van der Waals surface area contributed by atoms with Gasteiger partial charge in [0.2, 0.25) is 0 Å². The van der Waals surface area contributed by atoms with Crippen LogP contribution in [-0.2, 0) is 12.8 Å². The SMILES string of the molecule is N[C@@H](Cc1ccc(-c2ccccn2)cc1)C[C@@H](O)[C@H](Cc1ccccc1)NC(=O)O. The number of nitrogens with two attached hydrogens (primary N) is 1. The van der Waals surface area contributed by atoms with Gasteiger partial charge in [-0.05, 0) is 42.5 Å². The summed E-state index contributed by atoms with van der Waals surface area (Å²) in [6.45, 7) is 0. The average molecular weight is 405 g/mol. The first kappa shape index (κ1) is 21.5. The number of hydrogen-bond donors (Lipinski definition) is 4. The zero-order chi connectivity index (χ0) is 21.3. The highest BCUT2D eigenvalue weighted by molar-refractivity contribution is 5.65. The summed E-state index contributed by atoms with van der Waals surface area (Å²) in [4.78, 5) is 15.5. The molecule has 1 heterocycles. The summed E-state index contributed by atoms with van der Waals surface area (Å²) in [7, 11) is 0. The number of pyridine rings is 1. The largest absolute Gasteiger partial charge is 0.465 e.